The molecule has 0 aromatic rings. The van der Waals surface area contributed by atoms with Gasteiger partial charge in [-0.3, -0.25) is 10.1 Å². The van der Waals surface area contributed by atoms with E-state index in [1.54, 1.807) is 0 Å². The van der Waals surface area contributed by atoms with Gasteiger partial charge in [-0.25, -0.2) is 0 Å². The van der Waals surface area contributed by atoms with Crippen LogP contribution >= 0.6 is 0 Å². The molecule has 4 nitrogen and oxygen atoms in total. The maximum atomic E-state index is 12.6. The maximum absolute atomic E-state index is 12.6. The number of nitrogens with zero attached hydrogens (tertiary/aromatic N) is 1. The summed E-state index contributed by atoms with van der Waals surface area (Å²) in [6, 6.07) is 0.110. The summed E-state index contributed by atoms with van der Waals surface area (Å²) < 4.78 is 5.50. The van der Waals surface area contributed by atoms with Gasteiger partial charge < -0.3 is 9.64 Å². The minimum atomic E-state index is -0.0252. The highest BCUT2D eigenvalue weighted by Gasteiger charge is 2.41. The van der Waals surface area contributed by atoms with Crippen LogP contribution in [0.4, 0.5) is 0 Å². The molecule has 1 fully saturated rings. The lowest BCUT2D eigenvalue weighted by Gasteiger charge is -2.31. The Morgan fingerprint density at radius 1 is 1.15 bits per heavy atom. The second-order valence-electron chi connectivity index (χ2n) is 6.75. The molecule has 1 saturated heterocycles. The summed E-state index contributed by atoms with van der Waals surface area (Å²) >= 11 is 0. The van der Waals surface area contributed by atoms with Crippen LogP contribution < -0.4 is 5.32 Å². The van der Waals surface area contributed by atoms with E-state index >= 15 is 0 Å². The number of hydrogen-bond acceptors (Lipinski definition) is 3. The summed E-state index contributed by atoms with van der Waals surface area (Å²) in [5.74, 6) is 1.34. The molecule has 1 aliphatic rings. The zero-order chi connectivity index (χ0) is 15.3. The average Bonchev–Trinajstić information content (AvgIpc) is 2.61. The lowest BCUT2D eigenvalue weighted by atomic mass is 10.0. The zero-order valence-electron chi connectivity index (χ0n) is 14.0. The Morgan fingerprint density at radius 2 is 1.75 bits per heavy atom. The number of ether oxygens (including phenoxy) is 1. The summed E-state index contributed by atoms with van der Waals surface area (Å²) in [5, 5.41) is 3.53. The molecule has 0 saturated carbocycles. The SMILES string of the molecule is CCOCC(C)N1C(=O)C(CC(C)C)NC1CC(C)C. The van der Waals surface area contributed by atoms with Crippen LogP contribution in [0.5, 0.6) is 0 Å². The normalized spacial score (nSPS) is 25.0. The van der Waals surface area contributed by atoms with E-state index in [1.807, 2.05) is 11.8 Å². The molecule has 0 aliphatic carbocycles. The zero-order valence-corrected chi connectivity index (χ0v) is 14.0. The van der Waals surface area contributed by atoms with Crippen molar-refractivity contribution in [2.45, 2.75) is 72.6 Å². The minimum Gasteiger partial charge on any atom is -0.380 e. The van der Waals surface area contributed by atoms with Gasteiger partial charge in [-0.15, -0.1) is 0 Å². The molecular formula is C16H32N2O2. The molecule has 3 atom stereocenters. The number of hydrogen-bond donors (Lipinski definition) is 1. The van der Waals surface area contributed by atoms with Gasteiger partial charge in [-0.2, -0.15) is 0 Å². The van der Waals surface area contributed by atoms with Crippen molar-refractivity contribution >= 4 is 5.91 Å². The van der Waals surface area contributed by atoms with Crippen molar-refractivity contribution in [2.75, 3.05) is 13.2 Å². The summed E-state index contributed by atoms with van der Waals surface area (Å²) in [6.07, 6.45) is 2.06. The first kappa shape index (κ1) is 17.4. The molecule has 3 unspecified atom stereocenters. The van der Waals surface area contributed by atoms with Gasteiger partial charge in [0.15, 0.2) is 0 Å². The highest BCUT2D eigenvalue weighted by atomic mass is 16.5. The van der Waals surface area contributed by atoms with Crippen LogP contribution in [0, 0.1) is 11.8 Å². The minimum absolute atomic E-state index is 0.0252. The van der Waals surface area contributed by atoms with Gasteiger partial charge in [0.25, 0.3) is 0 Å². The fraction of sp³-hybridized carbons (Fsp3) is 0.938. The highest BCUT2D eigenvalue weighted by Crippen LogP contribution is 2.23. The number of rotatable bonds is 8. The van der Waals surface area contributed by atoms with Crippen molar-refractivity contribution in [1.29, 1.82) is 0 Å². The van der Waals surface area contributed by atoms with E-state index in [9.17, 15) is 4.79 Å². The number of carbonyl (C=O) groups is 1. The first-order chi connectivity index (χ1) is 9.36. The molecule has 1 amide bonds. The predicted molar refractivity (Wildman–Crippen MR) is 82.4 cm³/mol. The second-order valence-corrected chi connectivity index (χ2v) is 6.75. The van der Waals surface area contributed by atoms with Crippen LogP contribution in [0.15, 0.2) is 0 Å². The third kappa shape index (κ3) is 4.74. The molecule has 118 valence electrons. The maximum Gasteiger partial charge on any atom is 0.241 e. The van der Waals surface area contributed by atoms with Crippen molar-refractivity contribution in [3.8, 4) is 0 Å². The van der Waals surface area contributed by atoms with Crippen LogP contribution in [0.1, 0.15) is 54.4 Å². The van der Waals surface area contributed by atoms with Gasteiger partial charge in [0.2, 0.25) is 5.91 Å². The molecule has 0 aromatic carbocycles. The Bertz CT molecular complexity index is 305. The van der Waals surface area contributed by atoms with E-state index in [1.165, 1.54) is 0 Å². The summed E-state index contributed by atoms with van der Waals surface area (Å²) in [5.41, 5.74) is 0. The monoisotopic (exact) mass is 284 g/mol. The lowest BCUT2D eigenvalue weighted by Crippen LogP contribution is -2.46. The third-order valence-corrected chi connectivity index (χ3v) is 3.72. The lowest BCUT2D eigenvalue weighted by molar-refractivity contribution is -0.133. The molecule has 20 heavy (non-hydrogen) atoms. The first-order valence-electron chi connectivity index (χ1n) is 8.02. The Balaban J connectivity index is 2.76. The number of amides is 1. The van der Waals surface area contributed by atoms with Crippen molar-refractivity contribution in [1.82, 2.24) is 10.2 Å². The Kier molecular flexibility index (Phi) is 6.96. The Labute approximate surface area is 124 Å². The molecule has 0 spiro atoms. The summed E-state index contributed by atoms with van der Waals surface area (Å²) in [4.78, 5) is 14.7. The fourth-order valence-corrected chi connectivity index (χ4v) is 2.88. The quantitative estimate of drug-likeness (QED) is 0.745. The molecule has 1 aliphatic heterocycles. The topological polar surface area (TPSA) is 41.6 Å². The third-order valence-electron chi connectivity index (χ3n) is 3.72. The smallest absolute Gasteiger partial charge is 0.241 e. The van der Waals surface area contributed by atoms with Crippen molar-refractivity contribution in [3.63, 3.8) is 0 Å². The van der Waals surface area contributed by atoms with Gasteiger partial charge in [0.1, 0.15) is 0 Å². The Hall–Kier alpha value is -0.610. The molecule has 0 radical (unpaired) electrons. The van der Waals surface area contributed by atoms with Crippen LogP contribution in [-0.2, 0) is 9.53 Å². The van der Waals surface area contributed by atoms with E-state index in [4.69, 9.17) is 4.74 Å². The predicted octanol–water partition coefficient (Wildman–Crippen LogP) is 2.63. The van der Waals surface area contributed by atoms with Gasteiger partial charge in [0, 0.05) is 6.61 Å². The molecule has 1 rings (SSSR count). The van der Waals surface area contributed by atoms with E-state index in [0.717, 1.165) is 12.8 Å². The van der Waals surface area contributed by atoms with Crippen LogP contribution in [-0.4, -0.2) is 42.3 Å². The summed E-state index contributed by atoms with van der Waals surface area (Å²) in [7, 11) is 0. The number of carbonyl (C=O) groups excluding carboxylic acids is 1. The van der Waals surface area contributed by atoms with E-state index in [0.29, 0.717) is 25.0 Å². The van der Waals surface area contributed by atoms with Crippen LogP contribution in [0.3, 0.4) is 0 Å². The van der Waals surface area contributed by atoms with Crippen LogP contribution in [0.25, 0.3) is 0 Å². The molecule has 1 N–H and O–H groups in total. The fourth-order valence-electron chi connectivity index (χ4n) is 2.88. The molecule has 4 heteroatoms. The largest absolute Gasteiger partial charge is 0.380 e. The average molecular weight is 284 g/mol. The van der Waals surface area contributed by atoms with Gasteiger partial charge in [-0.1, -0.05) is 27.7 Å². The highest BCUT2D eigenvalue weighted by molar-refractivity contribution is 5.84. The van der Waals surface area contributed by atoms with E-state index in [-0.39, 0.29) is 24.2 Å². The van der Waals surface area contributed by atoms with Crippen LogP contribution in [0.2, 0.25) is 0 Å². The van der Waals surface area contributed by atoms with E-state index < -0.39 is 0 Å². The molecule has 1 heterocycles. The molecular weight excluding hydrogens is 252 g/mol. The standard InChI is InChI=1S/C16H32N2O2/c1-7-20-10-13(6)18-15(9-12(4)5)17-14(16(18)19)8-11(2)3/h11-15,17H,7-10H2,1-6H3. The van der Waals surface area contributed by atoms with Gasteiger partial charge >= 0.3 is 0 Å². The van der Waals surface area contributed by atoms with Crippen molar-refractivity contribution in [3.05, 3.63) is 0 Å². The van der Waals surface area contributed by atoms with Crippen molar-refractivity contribution < 1.29 is 9.53 Å². The summed E-state index contributed by atoms with van der Waals surface area (Å²) in [6.45, 7) is 14.1. The Morgan fingerprint density at radius 3 is 2.25 bits per heavy atom. The van der Waals surface area contributed by atoms with Gasteiger partial charge in [0.05, 0.1) is 24.9 Å². The molecule has 0 aromatic heterocycles. The van der Waals surface area contributed by atoms with E-state index in [2.05, 4.69) is 39.9 Å². The second kappa shape index (κ2) is 7.99. The van der Waals surface area contributed by atoms with Gasteiger partial charge in [-0.05, 0) is 38.5 Å². The number of nitrogens with one attached hydrogen (secondary N) is 1. The van der Waals surface area contributed by atoms with Crippen molar-refractivity contribution in [2.24, 2.45) is 11.8 Å². The first-order valence-corrected chi connectivity index (χ1v) is 8.02. The molecule has 0 bridgehead atoms.